The summed E-state index contributed by atoms with van der Waals surface area (Å²) in [5.41, 5.74) is 0. The maximum Gasteiger partial charge on any atom is 0.306 e. The van der Waals surface area contributed by atoms with Gasteiger partial charge in [-0.2, -0.15) is 0 Å². The summed E-state index contributed by atoms with van der Waals surface area (Å²) in [6, 6.07) is 0. The van der Waals surface area contributed by atoms with Crippen LogP contribution < -0.4 is 0 Å². The fraction of sp³-hybridized carbons (Fsp3) is 0.818. The van der Waals surface area contributed by atoms with Crippen LogP contribution in [0.25, 0.3) is 0 Å². The number of aliphatic carboxylic acids is 1. The number of rotatable bonds is 3. The summed E-state index contributed by atoms with van der Waals surface area (Å²) in [5, 5.41) is 9.07. The van der Waals surface area contributed by atoms with Gasteiger partial charge >= 0.3 is 11.9 Å². The molecule has 1 N–H and O–H groups in total. The highest BCUT2D eigenvalue weighted by atomic mass is 16.5. The van der Waals surface area contributed by atoms with Crippen LogP contribution in [0.5, 0.6) is 0 Å². The third-order valence-corrected chi connectivity index (χ3v) is 3.13. The number of methoxy groups -OCH3 is 1. The maximum absolute atomic E-state index is 11.1. The number of esters is 1. The Balaban J connectivity index is 2.61. The zero-order chi connectivity index (χ0) is 11.3. The van der Waals surface area contributed by atoms with E-state index in [-0.39, 0.29) is 24.2 Å². The average Bonchev–Trinajstić information content (AvgIpc) is 2.43. The van der Waals surface area contributed by atoms with E-state index in [4.69, 9.17) is 5.11 Å². The molecule has 0 amide bonds. The lowest BCUT2D eigenvalue weighted by molar-refractivity contribution is -0.147. The first kappa shape index (κ1) is 12.0. The number of hydrogen-bond acceptors (Lipinski definition) is 3. The molecule has 15 heavy (non-hydrogen) atoms. The van der Waals surface area contributed by atoms with Gasteiger partial charge in [-0.1, -0.05) is 19.3 Å². The molecule has 0 unspecified atom stereocenters. The van der Waals surface area contributed by atoms with Crippen molar-refractivity contribution < 1.29 is 19.4 Å². The van der Waals surface area contributed by atoms with Gasteiger partial charge < -0.3 is 9.84 Å². The zero-order valence-electron chi connectivity index (χ0n) is 9.07. The Bertz CT molecular complexity index is 237. The highest BCUT2D eigenvalue weighted by Gasteiger charge is 2.31. The molecule has 2 atom stereocenters. The van der Waals surface area contributed by atoms with Crippen molar-refractivity contribution >= 4 is 11.9 Å². The van der Waals surface area contributed by atoms with Crippen molar-refractivity contribution in [1.82, 2.24) is 0 Å². The molecule has 4 heteroatoms. The van der Waals surface area contributed by atoms with E-state index in [1.807, 2.05) is 0 Å². The molecule has 0 aliphatic heterocycles. The van der Waals surface area contributed by atoms with Crippen LogP contribution in [-0.4, -0.2) is 24.2 Å². The maximum atomic E-state index is 11.1. The van der Waals surface area contributed by atoms with Crippen molar-refractivity contribution in [2.45, 2.75) is 38.5 Å². The number of carbonyl (C=O) groups is 2. The van der Waals surface area contributed by atoms with Crippen molar-refractivity contribution in [3.8, 4) is 0 Å². The average molecular weight is 214 g/mol. The number of ether oxygens (including phenoxy) is 1. The summed E-state index contributed by atoms with van der Waals surface area (Å²) in [6.45, 7) is 0. The predicted molar refractivity (Wildman–Crippen MR) is 54.3 cm³/mol. The van der Waals surface area contributed by atoms with Crippen LogP contribution in [-0.2, 0) is 14.3 Å². The van der Waals surface area contributed by atoms with E-state index >= 15 is 0 Å². The second-order valence-electron chi connectivity index (χ2n) is 4.12. The van der Waals surface area contributed by atoms with E-state index < -0.39 is 5.97 Å². The zero-order valence-corrected chi connectivity index (χ0v) is 9.07. The van der Waals surface area contributed by atoms with Gasteiger partial charge in [-0.25, -0.2) is 0 Å². The van der Waals surface area contributed by atoms with E-state index in [2.05, 4.69) is 4.74 Å². The van der Waals surface area contributed by atoms with Crippen LogP contribution in [0.1, 0.15) is 38.5 Å². The number of hydrogen-bond donors (Lipinski definition) is 1. The van der Waals surface area contributed by atoms with E-state index in [9.17, 15) is 9.59 Å². The normalized spacial score (nSPS) is 26.7. The smallest absolute Gasteiger partial charge is 0.306 e. The molecule has 1 fully saturated rings. The highest BCUT2D eigenvalue weighted by molar-refractivity contribution is 5.73. The Morgan fingerprint density at radius 2 is 1.93 bits per heavy atom. The minimum absolute atomic E-state index is 0.0440. The molecule has 0 aromatic rings. The summed E-state index contributed by atoms with van der Waals surface area (Å²) in [6.07, 6.45) is 4.80. The molecular weight excluding hydrogens is 196 g/mol. The summed E-state index contributed by atoms with van der Waals surface area (Å²) in [5.74, 6) is -1.48. The second-order valence-corrected chi connectivity index (χ2v) is 4.12. The third kappa shape index (κ3) is 3.53. The van der Waals surface area contributed by atoms with Gasteiger partial charge in [0.05, 0.1) is 13.0 Å². The molecule has 1 aliphatic carbocycles. The van der Waals surface area contributed by atoms with Gasteiger partial charge in [-0.15, -0.1) is 0 Å². The molecule has 0 aromatic carbocycles. The summed E-state index contributed by atoms with van der Waals surface area (Å²) in [4.78, 5) is 22.2. The Labute approximate surface area is 89.6 Å². The lowest BCUT2D eigenvalue weighted by Crippen LogP contribution is -2.25. The van der Waals surface area contributed by atoms with Crippen LogP contribution >= 0.6 is 0 Å². The molecule has 0 spiro atoms. The van der Waals surface area contributed by atoms with Gasteiger partial charge in [-0.05, 0) is 18.8 Å². The number of carbonyl (C=O) groups excluding carboxylic acids is 1. The highest BCUT2D eigenvalue weighted by Crippen LogP contribution is 2.31. The Morgan fingerprint density at radius 1 is 1.27 bits per heavy atom. The topological polar surface area (TPSA) is 63.6 Å². The SMILES string of the molecule is COC(=O)C[C@@H]1CCCCC[C@H]1C(=O)O. The standard InChI is InChI=1S/C11H18O4/c1-15-10(12)7-8-5-3-2-4-6-9(8)11(13)14/h8-9H,2-7H2,1H3,(H,13,14)/t8-,9+/m0/s1. The van der Waals surface area contributed by atoms with Gasteiger partial charge in [-0.3, -0.25) is 9.59 Å². The van der Waals surface area contributed by atoms with Crippen molar-refractivity contribution in [2.75, 3.05) is 7.11 Å². The molecule has 0 bridgehead atoms. The van der Waals surface area contributed by atoms with Crippen LogP contribution in [0, 0.1) is 11.8 Å². The fourth-order valence-electron chi connectivity index (χ4n) is 2.25. The second kappa shape index (κ2) is 5.73. The molecule has 4 nitrogen and oxygen atoms in total. The van der Waals surface area contributed by atoms with Crippen LogP contribution in [0.2, 0.25) is 0 Å². The quantitative estimate of drug-likeness (QED) is 0.575. The Kier molecular flexibility index (Phi) is 4.59. The lowest BCUT2D eigenvalue weighted by Gasteiger charge is -2.19. The fourth-order valence-corrected chi connectivity index (χ4v) is 2.25. The Hall–Kier alpha value is -1.06. The minimum Gasteiger partial charge on any atom is -0.481 e. The van der Waals surface area contributed by atoms with Crippen LogP contribution in [0.15, 0.2) is 0 Å². The number of carboxylic acids is 1. The third-order valence-electron chi connectivity index (χ3n) is 3.13. The molecule has 0 heterocycles. The van der Waals surface area contributed by atoms with Crippen molar-refractivity contribution in [1.29, 1.82) is 0 Å². The predicted octanol–water partition coefficient (Wildman–Crippen LogP) is 1.83. The minimum atomic E-state index is -0.772. The first-order chi connectivity index (χ1) is 7.15. The van der Waals surface area contributed by atoms with Crippen LogP contribution in [0.4, 0.5) is 0 Å². The summed E-state index contributed by atoms with van der Waals surface area (Å²) >= 11 is 0. The van der Waals surface area contributed by atoms with E-state index in [1.165, 1.54) is 7.11 Å². The molecule has 0 radical (unpaired) electrons. The van der Waals surface area contributed by atoms with Crippen molar-refractivity contribution in [3.63, 3.8) is 0 Å². The molecule has 1 rings (SSSR count). The van der Waals surface area contributed by atoms with E-state index in [1.54, 1.807) is 0 Å². The molecule has 0 aromatic heterocycles. The van der Waals surface area contributed by atoms with Crippen molar-refractivity contribution in [2.24, 2.45) is 11.8 Å². The first-order valence-electron chi connectivity index (χ1n) is 5.44. The molecule has 1 aliphatic rings. The van der Waals surface area contributed by atoms with Crippen molar-refractivity contribution in [3.05, 3.63) is 0 Å². The molecule has 86 valence electrons. The Morgan fingerprint density at radius 3 is 2.53 bits per heavy atom. The number of carboxylic acid groups (broad SMARTS) is 1. The van der Waals surface area contributed by atoms with Gasteiger partial charge in [0.15, 0.2) is 0 Å². The largest absolute Gasteiger partial charge is 0.481 e. The van der Waals surface area contributed by atoms with E-state index in [0.29, 0.717) is 6.42 Å². The molecule has 1 saturated carbocycles. The monoisotopic (exact) mass is 214 g/mol. The lowest BCUT2D eigenvalue weighted by atomic mass is 9.85. The van der Waals surface area contributed by atoms with E-state index in [0.717, 1.165) is 25.7 Å². The molecular formula is C11H18O4. The van der Waals surface area contributed by atoms with Gasteiger partial charge in [0.25, 0.3) is 0 Å². The summed E-state index contributed by atoms with van der Waals surface area (Å²) < 4.78 is 4.59. The van der Waals surface area contributed by atoms with Gasteiger partial charge in [0.1, 0.15) is 0 Å². The van der Waals surface area contributed by atoms with Gasteiger partial charge in [0.2, 0.25) is 0 Å². The molecule has 0 saturated heterocycles. The van der Waals surface area contributed by atoms with Crippen LogP contribution in [0.3, 0.4) is 0 Å². The van der Waals surface area contributed by atoms with Gasteiger partial charge in [0, 0.05) is 6.42 Å². The first-order valence-corrected chi connectivity index (χ1v) is 5.44. The summed E-state index contributed by atoms with van der Waals surface area (Å²) in [7, 11) is 1.34.